The van der Waals surface area contributed by atoms with Crippen LogP contribution in [0.1, 0.15) is 39.0 Å². The first-order chi connectivity index (χ1) is 7.11. The molecule has 2 fully saturated rings. The maximum atomic E-state index is 10.9. The van der Waals surface area contributed by atoms with E-state index in [2.05, 4.69) is 12.2 Å². The largest absolute Gasteiger partial charge is 0.480 e. The van der Waals surface area contributed by atoms with E-state index >= 15 is 0 Å². The van der Waals surface area contributed by atoms with Gasteiger partial charge in [-0.15, -0.1) is 11.8 Å². The molecule has 86 valence electrons. The molecule has 0 aromatic carbocycles. The molecule has 2 rings (SSSR count). The SMILES string of the molecule is CC1CCCC2(CC1)NC(C(=O)O)CS2. The fraction of sp³-hybridized carbons (Fsp3) is 0.909. The molecule has 15 heavy (non-hydrogen) atoms. The summed E-state index contributed by atoms with van der Waals surface area (Å²) in [6.45, 7) is 2.30. The second kappa shape index (κ2) is 4.34. The highest BCUT2D eigenvalue weighted by Gasteiger charge is 2.42. The highest BCUT2D eigenvalue weighted by Crippen LogP contribution is 2.42. The van der Waals surface area contributed by atoms with E-state index in [0.717, 1.165) is 24.5 Å². The minimum absolute atomic E-state index is 0.0772. The molecule has 3 nitrogen and oxygen atoms in total. The van der Waals surface area contributed by atoms with Gasteiger partial charge in [0.05, 0.1) is 4.87 Å². The van der Waals surface area contributed by atoms with Crippen LogP contribution in [0, 0.1) is 5.92 Å². The zero-order valence-electron chi connectivity index (χ0n) is 9.16. The Hall–Kier alpha value is -0.220. The molecule has 4 heteroatoms. The van der Waals surface area contributed by atoms with E-state index in [1.807, 2.05) is 11.8 Å². The second-order valence-corrected chi connectivity index (χ2v) is 6.28. The Morgan fingerprint density at radius 2 is 2.27 bits per heavy atom. The van der Waals surface area contributed by atoms with E-state index in [-0.39, 0.29) is 10.9 Å². The molecule has 1 spiro atoms. The summed E-state index contributed by atoms with van der Waals surface area (Å²) in [5.41, 5.74) is 0. The van der Waals surface area contributed by atoms with Gasteiger partial charge in [0.2, 0.25) is 0 Å². The molecule has 2 N–H and O–H groups in total. The molecule has 0 radical (unpaired) electrons. The highest BCUT2D eigenvalue weighted by atomic mass is 32.2. The number of aliphatic carboxylic acids is 1. The van der Waals surface area contributed by atoms with Gasteiger partial charge in [-0.25, -0.2) is 0 Å². The quantitative estimate of drug-likeness (QED) is 0.722. The van der Waals surface area contributed by atoms with Crippen LogP contribution in [0.3, 0.4) is 0 Å². The first-order valence-corrected chi connectivity index (χ1v) is 6.74. The molecule has 1 heterocycles. The first kappa shape index (κ1) is 11.3. The topological polar surface area (TPSA) is 49.3 Å². The fourth-order valence-corrected chi connectivity index (χ4v) is 4.04. The van der Waals surface area contributed by atoms with Crippen molar-refractivity contribution in [3.8, 4) is 0 Å². The lowest BCUT2D eigenvalue weighted by Gasteiger charge is -2.27. The number of thioether (sulfide) groups is 1. The first-order valence-electron chi connectivity index (χ1n) is 5.76. The van der Waals surface area contributed by atoms with Gasteiger partial charge < -0.3 is 5.11 Å². The molecule has 1 saturated heterocycles. The van der Waals surface area contributed by atoms with Crippen LogP contribution in [0.15, 0.2) is 0 Å². The van der Waals surface area contributed by atoms with Gasteiger partial charge in [-0.1, -0.05) is 19.8 Å². The summed E-state index contributed by atoms with van der Waals surface area (Å²) in [6.07, 6.45) is 6.01. The van der Waals surface area contributed by atoms with Crippen LogP contribution >= 0.6 is 11.8 Å². The number of rotatable bonds is 1. The van der Waals surface area contributed by atoms with Crippen LogP contribution in [0.2, 0.25) is 0 Å². The Bertz CT molecular complexity index is 259. The molecule has 0 amide bonds. The van der Waals surface area contributed by atoms with E-state index < -0.39 is 5.97 Å². The molecule has 3 atom stereocenters. The molecule has 1 aliphatic carbocycles. The van der Waals surface area contributed by atoms with Gasteiger partial charge in [0.15, 0.2) is 0 Å². The summed E-state index contributed by atoms with van der Waals surface area (Å²) in [5, 5.41) is 12.3. The maximum Gasteiger partial charge on any atom is 0.321 e. The van der Waals surface area contributed by atoms with Crippen LogP contribution in [-0.4, -0.2) is 27.7 Å². The third-order valence-electron chi connectivity index (χ3n) is 3.58. The Balaban J connectivity index is 1.99. The number of carboxylic acid groups (broad SMARTS) is 1. The van der Waals surface area contributed by atoms with E-state index in [9.17, 15) is 4.79 Å². The Labute approximate surface area is 95.0 Å². The van der Waals surface area contributed by atoms with Crippen molar-refractivity contribution in [1.82, 2.24) is 5.32 Å². The van der Waals surface area contributed by atoms with Crippen molar-refractivity contribution < 1.29 is 9.90 Å². The predicted molar refractivity (Wildman–Crippen MR) is 62.0 cm³/mol. The van der Waals surface area contributed by atoms with Gasteiger partial charge in [0, 0.05) is 5.75 Å². The molecule has 2 aliphatic rings. The Morgan fingerprint density at radius 3 is 2.93 bits per heavy atom. The lowest BCUT2D eigenvalue weighted by atomic mass is 10.0. The van der Waals surface area contributed by atoms with Crippen molar-refractivity contribution in [3.05, 3.63) is 0 Å². The zero-order valence-corrected chi connectivity index (χ0v) is 9.98. The summed E-state index contributed by atoms with van der Waals surface area (Å²) >= 11 is 1.83. The highest BCUT2D eigenvalue weighted by molar-refractivity contribution is 8.00. The molecular weight excluding hydrogens is 210 g/mol. The Kier molecular flexibility index (Phi) is 3.26. The van der Waals surface area contributed by atoms with Crippen LogP contribution in [0.5, 0.6) is 0 Å². The van der Waals surface area contributed by atoms with Gasteiger partial charge >= 0.3 is 5.97 Å². The average Bonchev–Trinajstić information content (AvgIpc) is 2.51. The normalized spacial score (nSPS) is 41.7. The van der Waals surface area contributed by atoms with Gasteiger partial charge in [-0.2, -0.15) is 0 Å². The van der Waals surface area contributed by atoms with Crippen molar-refractivity contribution in [2.24, 2.45) is 5.92 Å². The van der Waals surface area contributed by atoms with Crippen LogP contribution in [-0.2, 0) is 4.79 Å². The minimum Gasteiger partial charge on any atom is -0.480 e. The van der Waals surface area contributed by atoms with E-state index in [0.29, 0.717) is 0 Å². The number of carboxylic acids is 1. The van der Waals surface area contributed by atoms with Gasteiger partial charge in [-0.05, 0) is 25.2 Å². The predicted octanol–water partition coefficient (Wildman–Crippen LogP) is 2.07. The van der Waals surface area contributed by atoms with Crippen molar-refractivity contribution in [1.29, 1.82) is 0 Å². The minimum atomic E-state index is -0.698. The zero-order chi connectivity index (χ0) is 10.9. The monoisotopic (exact) mass is 229 g/mol. The lowest BCUT2D eigenvalue weighted by molar-refractivity contribution is -0.138. The van der Waals surface area contributed by atoms with Crippen LogP contribution in [0.25, 0.3) is 0 Å². The van der Waals surface area contributed by atoms with Crippen LogP contribution < -0.4 is 5.32 Å². The summed E-state index contributed by atoms with van der Waals surface area (Å²) in [6, 6.07) is -0.330. The molecule has 1 aliphatic heterocycles. The molecular formula is C11H19NO2S. The molecule has 0 bridgehead atoms. The summed E-state index contributed by atoms with van der Waals surface area (Å²) in [7, 11) is 0. The fourth-order valence-electron chi connectivity index (χ4n) is 2.55. The second-order valence-electron chi connectivity index (χ2n) is 4.88. The number of hydrogen-bond acceptors (Lipinski definition) is 3. The molecule has 0 aromatic heterocycles. The maximum absolute atomic E-state index is 10.9. The number of carbonyl (C=O) groups is 1. The third kappa shape index (κ3) is 2.48. The summed E-state index contributed by atoms with van der Waals surface area (Å²) in [5.74, 6) is 0.830. The smallest absolute Gasteiger partial charge is 0.321 e. The standard InChI is InChI=1S/C11H19NO2S/c1-8-3-2-5-11(6-4-8)12-9(7-15-11)10(13)14/h8-9,12H,2-7H2,1H3,(H,13,14). The van der Waals surface area contributed by atoms with Gasteiger partial charge in [-0.3, -0.25) is 10.1 Å². The van der Waals surface area contributed by atoms with Crippen molar-refractivity contribution >= 4 is 17.7 Å². The van der Waals surface area contributed by atoms with Crippen molar-refractivity contribution in [2.45, 2.75) is 49.9 Å². The Morgan fingerprint density at radius 1 is 1.47 bits per heavy atom. The van der Waals surface area contributed by atoms with Crippen LogP contribution in [0.4, 0.5) is 0 Å². The van der Waals surface area contributed by atoms with E-state index in [4.69, 9.17) is 5.11 Å². The molecule has 0 aromatic rings. The summed E-state index contributed by atoms with van der Waals surface area (Å²) < 4.78 is 0. The van der Waals surface area contributed by atoms with Gasteiger partial charge in [0.1, 0.15) is 6.04 Å². The van der Waals surface area contributed by atoms with Crippen molar-refractivity contribution in [2.75, 3.05) is 5.75 Å². The average molecular weight is 229 g/mol. The third-order valence-corrected chi connectivity index (χ3v) is 5.16. The van der Waals surface area contributed by atoms with E-state index in [1.54, 1.807) is 0 Å². The number of hydrogen-bond donors (Lipinski definition) is 2. The lowest BCUT2D eigenvalue weighted by Crippen LogP contribution is -2.44. The summed E-state index contributed by atoms with van der Waals surface area (Å²) in [4.78, 5) is 11.0. The van der Waals surface area contributed by atoms with Crippen molar-refractivity contribution in [3.63, 3.8) is 0 Å². The van der Waals surface area contributed by atoms with Gasteiger partial charge in [0.25, 0.3) is 0 Å². The molecule has 3 unspecified atom stereocenters. The molecule has 1 saturated carbocycles. The number of nitrogens with one attached hydrogen (secondary N) is 1. The van der Waals surface area contributed by atoms with E-state index in [1.165, 1.54) is 19.3 Å².